The van der Waals surface area contributed by atoms with E-state index in [1.807, 2.05) is 25.7 Å². The summed E-state index contributed by atoms with van der Waals surface area (Å²) in [4.78, 5) is 13.8. The lowest BCUT2D eigenvalue weighted by Crippen LogP contribution is -2.49. The highest BCUT2D eigenvalue weighted by molar-refractivity contribution is 5.68. The van der Waals surface area contributed by atoms with Crippen molar-refractivity contribution in [2.45, 2.75) is 53.1 Å². The molecule has 4 heteroatoms. The van der Waals surface area contributed by atoms with E-state index in [0.29, 0.717) is 12.5 Å². The van der Waals surface area contributed by atoms with Crippen LogP contribution in [0.4, 0.5) is 4.79 Å². The largest absolute Gasteiger partial charge is 0.444 e. The Hall–Kier alpha value is -0.770. The smallest absolute Gasteiger partial charge is 0.410 e. The van der Waals surface area contributed by atoms with E-state index in [2.05, 4.69) is 13.8 Å². The Labute approximate surface area is 111 Å². The zero-order chi connectivity index (χ0) is 14.0. The molecule has 0 spiro atoms. The molecule has 1 fully saturated rings. The molecule has 2 N–H and O–H groups in total. The fourth-order valence-corrected chi connectivity index (χ4v) is 2.48. The molecule has 0 aromatic carbocycles. The average molecular weight is 256 g/mol. The summed E-state index contributed by atoms with van der Waals surface area (Å²) in [6.07, 6.45) is 1.75. The summed E-state index contributed by atoms with van der Waals surface area (Å²) in [6.45, 7) is 12.3. The van der Waals surface area contributed by atoms with Crippen LogP contribution >= 0.6 is 0 Å². The zero-order valence-electron chi connectivity index (χ0n) is 12.5. The van der Waals surface area contributed by atoms with E-state index in [1.54, 1.807) is 0 Å². The first-order valence-electron chi connectivity index (χ1n) is 6.88. The monoisotopic (exact) mass is 256 g/mol. The standard InChI is InChI=1S/C14H28N2O2/c1-11(2)14(10-15)6-8-16(9-7-14)12(17)18-13(3,4)5/h11H,6-10,15H2,1-5H3. The number of ether oxygens (including phenoxy) is 1. The number of nitrogens with two attached hydrogens (primary N) is 1. The number of amides is 1. The van der Waals surface area contributed by atoms with Crippen LogP contribution in [0.5, 0.6) is 0 Å². The third-order valence-electron chi connectivity index (χ3n) is 4.04. The molecule has 1 heterocycles. The van der Waals surface area contributed by atoms with Gasteiger partial charge < -0.3 is 15.4 Å². The molecule has 106 valence electrons. The van der Waals surface area contributed by atoms with Gasteiger partial charge in [0.25, 0.3) is 0 Å². The van der Waals surface area contributed by atoms with Crippen LogP contribution in [0.25, 0.3) is 0 Å². The second kappa shape index (κ2) is 5.47. The van der Waals surface area contributed by atoms with Crippen molar-refractivity contribution in [2.75, 3.05) is 19.6 Å². The third kappa shape index (κ3) is 3.61. The number of hydrogen-bond donors (Lipinski definition) is 1. The van der Waals surface area contributed by atoms with Crippen LogP contribution < -0.4 is 5.73 Å². The molecule has 1 aliphatic rings. The van der Waals surface area contributed by atoms with Crippen molar-refractivity contribution in [3.05, 3.63) is 0 Å². The van der Waals surface area contributed by atoms with Gasteiger partial charge in [0.15, 0.2) is 0 Å². The molecule has 18 heavy (non-hydrogen) atoms. The molecule has 4 nitrogen and oxygen atoms in total. The normalized spacial score (nSPS) is 20.1. The van der Waals surface area contributed by atoms with Crippen molar-refractivity contribution in [2.24, 2.45) is 17.1 Å². The Kier molecular flexibility index (Phi) is 4.65. The summed E-state index contributed by atoms with van der Waals surface area (Å²) in [7, 11) is 0. The van der Waals surface area contributed by atoms with Crippen LogP contribution in [-0.2, 0) is 4.74 Å². The van der Waals surface area contributed by atoms with Gasteiger partial charge in [-0.3, -0.25) is 0 Å². The van der Waals surface area contributed by atoms with Crippen molar-refractivity contribution in [1.82, 2.24) is 4.90 Å². The fourth-order valence-electron chi connectivity index (χ4n) is 2.48. The molecule has 0 radical (unpaired) electrons. The van der Waals surface area contributed by atoms with Crippen LogP contribution in [0.2, 0.25) is 0 Å². The number of rotatable bonds is 2. The Morgan fingerprint density at radius 1 is 1.33 bits per heavy atom. The van der Waals surface area contributed by atoms with Gasteiger partial charge in [-0.1, -0.05) is 13.8 Å². The third-order valence-corrected chi connectivity index (χ3v) is 4.04. The maximum Gasteiger partial charge on any atom is 0.410 e. The van der Waals surface area contributed by atoms with Crippen LogP contribution in [0, 0.1) is 11.3 Å². The van der Waals surface area contributed by atoms with Gasteiger partial charge in [0.1, 0.15) is 5.60 Å². The van der Waals surface area contributed by atoms with Crippen LogP contribution in [0.1, 0.15) is 47.5 Å². The highest BCUT2D eigenvalue weighted by Crippen LogP contribution is 2.37. The number of piperidine rings is 1. The topological polar surface area (TPSA) is 55.6 Å². The minimum absolute atomic E-state index is 0.193. The molecule has 0 saturated carbocycles. The number of carbonyl (C=O) groups excluding carboxylic acids is 1. The summed E-state index contributed by atoms with van der Waals surface area (Å²) < 4.78 is 5.40. The van der Waals surface area contributed by atoms with E-state index < -0.39 is 5.60 Å². The van der Waals surface area contributed by atoms with Gasteiger partial charge in [-0.2, -0.15) is 0 Å². The number of likely N-dealkylation sites (tertiary alicyclic amines) is 1. The predicted molar refractivity (Wildman–Crippen MR) is 73.4 cm³/mol. The molecule has 1 rings (SSSR count). The second-order valence-corrected chi connectivity index (χ2v) is 6.69. The quantitative estimate of drug-likeness (QED) is 0.826. The van der Waals surface area contributed by atoms with E-state index in [9.17, 15) is 4.79 Å². The van der Waals surface area contributed by atoms with Crippen LogP contribution in [0.15, 0.2) is 0 Å². The Bertz CT molecular complexity index is 287. The number of carbonyl (C=O) groups is 1. The molecule has 0 atom stereocenters. The molecule has 0 aliphatic carbocycles. The van der Waals surface area contributed by atoms with Crippen molar-refractivity contribution in [3.63, 3.8) is 0 Å². The number of hydrogen-bond acceptors (Lipinski definition) is 3. The minimum atomic E-state index is -0.419. The molecule has 0 aromatic heterocycles. The van der Waals surface area contributed by atoms with E-state index in [-0.39, 0.29) is 11.5 Å². The SMILES string of the molecule is CC(C)C1(CN)CCN(C(=O)OC(C)(C)C)CC1. The molecular formula is C14H28N2O2. The summed E-state index contributed by atoms with van der Waals surface area (Å²) in [5, 5.41) is 0. The van der Waals surface area contributed by atoms with E-state index in [0.717, 1.165) is 25.9 Å². The maximum absolute atomic E-state index is 12.0. The van der Waals surface area contributed by atoms with Gasteiger partial charge >= 0.3 is 6.09 Å². The van der Waals surface area contributed by atoms with Gasteiger partial charge in [0.2, 0.25) is 0 Å². The first-order valence-corrected chi connectivity index (χ1v) is 6.88. The van der Waals surface area contributed by atoms with Crippen molar-refractivity contribution >= 4 is 6.09 Å². The minimum Gasteiger partial charge on any atom is -0.444 e. The lowest BCUT2D eigenvalue weighted by Gasteiger charge is -2.44. The van der Waals surface area contributed by atoms with Gasteiger partial charge in [-0.15, -0.1) is 0 Å². The Morgan fingerprint density at radius 3 is 2.17 bits per heavy atom. The van der Waals surface area contributed by atoms with E-state index in [4.69, 9.17) is 10.5 Å². The Balaban J connectivity index is 2.56. The summed E-state index contributed by atoms with van der Waals surface area (Å²) in [5.41, 5.74) is 5.70. The fraction of sp³-hybridized carbons (Fsp3) is 0.929. The Morgan fingerprint density at radius 2 is 1.83 bits per heavy atom. The first kappa shape index (κ1) is 15.3. The van der Waals surface area contributed by atoms with Crippen LogP contribution in [-0.4, -0.2) is 36.2 Å². The molecule has 1 amide bonds. The van der Waals surface area contributed by atoms with Crippen molar-refractivity contribution in [3.8, 4) is 0 Å². The molecular weight excluding hydrogens is 228 g/mol. The lowest BCUT2D eigenvalue weighted by atomic mass is 9.70. The molecule has 1 saturated heterocycles. The van der Waals surface area contributed by atoms with Crippen LogP contribution in [0.3, 0.4) is 0 Å². The molecule has 0 unspecified atom stereocenters. The molecule has 0 bridgehead atoms. The first-order chi connectivity index (χ1) is 8.20. The molecule has 0 aromatic rings. The van der Waals surface area contributed by atoms with Crippen molar-refractivity contribution in [1.29, 1.82) is 0 Å². The van der Waals surface area contributed by atoms with Gasteiger partial charge in [0, 0.05) is 13.1 Å². The van der Waals surface area contributed by atoms with Gasteiger partial charge in [-0.25, -0.2) is 4.79 Å². The zero-order valence-corrected chi connectivity index (χ0v) is 12.5. The predicted octanol–water partition coefficient (Wildman–Crippen LogP) is 2.62. The maximum atomic E-state index is 12.0. The van der Waals surface area contributed by atoms with Gasteiger partial charge in [-0.05, 0) is 51.5 Å². The van der Waals surface area contributed by atoms with E-state index in [1.165, 1.54) is 0 Å². The summed E-state index contributed by atoms with van der Waals surface area (Å²) >= 11 is 0. The highest BCUT2D eigenvalue weighted by atomic mass is 16.6. The highest BCUT2D eigenvalue weighted by Gasteiger charge is 2.38. The van der Waals surface area contributed by atoms with Gasteiger partial charge in [0.05, 0.1) is 0 Å². The van der Waals surface area contributed by atoms with Crippen molar-refractivity contribution < 1.29 is 9.53 Å². The van der Waals surface area contributed by atoms with E-state index >= 15 is 0 Å². The summed E-state index contributed by atoms with van der Waals surface area (Å²) in [6, 6.07) is 0. The summed E-state index contributed by atoms with van der Waals surface area (Å²) in [5.74, 6) is 0.559. The lowest BCUT2D eigenvalue weighted by molar-refractivity contribution is 0.00433. The second-order valence-electron chi connectivity index (χ2n) is 6.69. The molecule has 1 aliphatic heterocycles. The number of nitrogens with zero attached hydrogens (tertiary/aromatic N) is 1. The average Bonchev–Trinajstić information content (AvgIpc) is 2.26.